The Balaban J connectivity index is 2.11. The summed E-state index contributed by atoms with van der Waals surface area (Å²) in [7, 11) is 0. The van der Waals surface area contributed by atoms with Gasteiger partial charge in [0.1, 0.15) is 12.4 Å². The number of ether oxygens (including phenoxy) is 1. The highest BCUT2D eigenvalue weighted by atomic mass is 35.5. The first-order valence-electron chi connectivity index (χ1n) is 5.86. The fourth-order valence-electron chi connectivity index (χ4n) is 1.78. The number of aryl methyl sites for hydroxylation is 1. The minimum atomic E-state index is 0.482. The van der Waals surface area contributed by atoms with Crippen LogP contribution in [0.25, 0.3) is 0 Å². The molecule has 2 aromatic rings. The van der Waals surface area contributed by atoms with Gasteiger partial charge in [0.05, 0.1) is 5.02 Å². The normalized spacial score (nSPS) is 10.4. The number of benzene rings is 2. The van der Waals surface area contributed by atoms with Crippen LogP contribution in [0.4, 0.5) is 0 Å². The molecule has 0 radical (unpaired) electrons. The molecule has 0 bridgehead atoms. The van der Waals surface area contributed by atoms with Gasteiger partial charge in [-0.25, -0.2) is 0 Å². The average molecular weight is 262 g/mol. The Morgan fingerprint density at radius 3 is 2.50 bits per heavy atom. The molecule has 0 aliphatic heterocycles. The van der Waals surface area contributed by atoms with E-state index in [9.17, 15) is 0 Å². The summed E-state index contributed by atoms with van der Waals surface area (Å²) in [6.45, 7) is 3.00. The molecule has 0 spiro atoms. The first kappa shape index (κ1) is 12.9. The number of hydrogen-bond acceptors (Lipinski definition) is 2. The van der Waals surface area contributed by atoms with E-state index in [4.69, 9.17) is 22.1 Å². The second-order valence-electron chi connectivity index (χ2n) is 4.20. The fraction of sp³-hybridized carbons (Fsp3) is 0.200. The number of nitrogens with two attached hydrogens (primary N) is 1. The van der Waals surface area contributed by atoms with E-state index in [0.29, 0.717) is 23.9 Å². The van der Waals surface area contributed by atoms with Gasteiger partial charge in [0.25, 0.3) is 0 Å². The maximum absolute atomic E-state index is 6.12. The summed E-state index contributed by atoms with van der Waals surface area (Å²) in [4.78, 5) is 0. The standard InChI is InChI=1S/C15H16ClNO/c1-11-6-7-15(14(16)8-11)18-10-13-5-3-2-4-12(13)9-17/h2-8H,9-10,17H2,1H3. The summed E-state index contributed by atoms with van der Waals surface area (Å²) in [5.41, 5.74) is 9.00. The summed E-state index contributed by atoms with van der Waals surface area (Å²) in [6.07, 6.45) is 0. The molecular formula is C15H16ClNO. The number of halogens is 1. The molecule has 2 N–H and O–H groups in total. The van der Waals surface area contributed by atoms with Crippen LogP contribution in [-0.2, 0) is 13.2 Å². The van der Waals surface area contributed by atoms with Gasteiger partial charge in [-0.05, 0) is 35.7 Å². The number of hydrogen-bond donors (Lipinski definition) is 1. The van der Waals surface area contributed by atoms with Crippen molar-refractivity contribution in [2.45, 2.75) is 20.1 Å². The van der Waals surface area contributed by atoms with Gasteiger partial charge in [0, 0.05) is 6.54 Å². The Morgan fingerprint density at radius 2 is 1.83 bits per heavy atom. The van der Waals surface area contributed by atoms with E-state index in [1.807, 2.05) is 49.4 Å². The third-order valence-electron chi connectivity index (χ3n) is 2.81. The Morgan fingerprint density at radius 1 is 1.11 bits per heavy atom. The maximum atomic E-state index is 6.12. The molecule has 2 rings (SSSR count). The number of rotatable bonds is 4. The Kier molecular flexibility index (Phi) is 4.24. The minimum absolute atomic E-state index is 0.482. The van der Waals surface area contributed by atoms with Gasteiger partial charge >= 0.3 is 0 Å². The molecule has 0 unspecified atom stereocenters. The predicted octanol–water partition coefficient (Wildman–Crippen LogP) is 3.69. The van der Waals surface area contributed by atoms with E-state index in [-0.39, 0.29) is 0 Å². The van der Waals surface area contributed by atoms with Crippen LogP contribution in [0.1, 0.15) is 16.7 Å². The van der Waals surface area contributed by atoms with Crippen molar-refractivity contribution in [2.24, 2.45) is 5.73 Å². The van der Waals surface area contributed by atoms with Crippen molar-refractivity contribution in [1.29, 1.82) is 0 Å². The van der Waals surface area contributed by atoms with E-state index < -0.39 is 0 Å². The Bertz CT molecular complexity index is 540. The molecule has 0 atom stereocenters. The summed E-state index contributed by atoms with van der Waals surface area (Å²) < 4.78 is 5.73. The van der Waals surface area contributed by atoms with Crippen molar-refractivity contribution in [2.75, 3.05) is 0 Å². The van der Waals surface area contributed by atoms with Gasteiger partial charge in [-0.1, -0.05) is 41.9 Å². The minimum Gasteiger partial charge on any atom is -0.487 e. The Hall–Kier alpha value is -1.51. The maximum Gasteiger partial charge on any atom is 0.138 e. The SMILES string of the molecule is Cc1ccc(OCc2ccccc2CN)c(Cl)c1. The molecule has 18 heavy (non-hydrogen) atoms. The van der Waals surface area contributed by atoms with Crippen molar-refractivity contribution in [3.8, 4) is 5.75 Å². The van der Waals surface area contributed by atoms with Crippen LogP contribution < -0.4 is 10.5 Å². The molecule has 0 aliphatic carbocycles. The predicted molar refractivity (Wildman–Crippen MR) is 74.9 cm³/mol. The summed E-state index contributed by atoms with van der Waals surface area (Å²) in [5.74, 6) is 0.703. The van der Waals surface area contributed by atoms with Gasteiger partial charge in [-0.3, -0.25) is 0 Å². The van der Waals surface area contributed by atoms with Crippen LogP contribution in [0.5, 0.6) is 5.75 Å². The lowest BCUT2D eigenvalue weighted by Gasteiger charge is -2.11. The van der Waals surface area contributed by atoms with Gasteiger partial charge in [-0.15, -0.1) is 0 Å². The largest absolute Gasteiger partial charge is 0.487 e. The van der Waals surface area contributed by atoms with Crippen molar-refractivity contribution < 1.29 is 4.74 Å². The second-order valence-corrected chi connectivity index (χ2v) is 4.60. The molecule has 2 aromatic carbocycles. The summed E-state index contributed by atoms with van der Waals surface area (Å²) >= 11 is 6.12. The quantitative estimate of drug-likeness (QED) is 0.911. The first-order chi connectivity index (χ1) is 8.70. The molecule has 0 heterocycles. The van der Waals surface area contributed by atoms with Crippen molar-refractivity contribution in [1.82, 2.24) is 0 Å². The topological polar surface area (TPSA) is 35.2 Å². The van der Waals surface area contributed by atoms with Gasteiger partial charge < -0.3 is 10.5 Å². The van der Waals surface area contributed by atoms with Crippen LogP contribution >= 0.6 is 11.6 Å². The van der Waals surface area contributed by atoms with E-state index in [1.165, 1.54) is 0 Å². The highest BCUT2D eigenvalue weighted by molar-refractivity contribution is 6.32. The molecule has 0 fully saturated rings. The molecule has 2 nitrogen and oxygen atoms in total. The van der Waals surface area contributed by atoms with Crippen molar-refractivity contribution >= 4 is 11.6 Å². The van der Waals surface area contributed by atoms with Crippen molar-refractivity contribution in [3.05, 3.63) is 64.2 Å². The lowest BCUT2D eigenvalue weighted by molar-refractivity contribution is 0.305. The molecule has 0 saturated carbocycles. The van der Waals surface area contributed by atoms with E-state index in [2.05, 4.69) is 0 Å². The van der Waals surface area contributed by atoms with E-state index in [0.717, 1.165) is 16.7 Å². The van der Waals surface area contributed by atoms with Crippen LogP contribution in [-0.4, -0.2) is 0 Å². The van der Waals surface area contributed by atoms with Crippen LogP contribution in [0.3, 0.4) is 0 Å². The zero-order valence-electron chi connectivity index (χ0n) is 10.3. The van der Waals surface area contributed by atoms with Gasteiger partial charge in [0.2, 0.25) is 0 Å². The van der Waals surface area contributed by atoms with Crippen LogP contribution in [0, 0.1) is 6.92 Å². The molecule has 0 aromatic heterocycles. The summed E-state index contributed by atoms with van der Waals surface area (Å²) in [6, 6.07) is 13.8. The van der Waals surface area contributed by atoms with E-state index in [1.54, 1.807) is 0 Å². The molecular weight excluding hydrogens is 246 g/mol. The van der Waals surface area contributed by atoms with Gasteiger partial charge in [-0.2, -0.15) is 0 Å². The smallest absolute Gasteiger partial charge is 0.138 e. The first-order valence-corrected chi connectivity index (χ1v) is 6.24. The zero-order chi connectivity index (χ0) is 13.0. The van der Waals surface area contributed by atoms with Crippen molar-refractivity contribution in [3.63, 3.8) is 0 Å². The second kappa shape index (κ2) is 5.89. The average Bonchev–Trinajstić information content (AvgIpc) is 2.38. The van der Waals surface area contributed by atoms with Crippen LogP contribution in [0.15, 0.2) is 42.5 Å². The third kappa shape index (κ3) is 3.03. The Labute approximate surface area is 112 Å². The third-order valence-corrected chi connectivity index (χ3v) is 3.10. The molecule has 94 valence electrons. The fourth-order valence-corrected chi connectivity index (χ4v) is 2.07. The zero-order valence-corrected chi connectivity index (χ0v) is 11.1. The monoisotopic (exact) mass is 261 g/mol. The molecule has 0 amide bonds. The lowest BCUT2D eigenvalue weighted by atomic mass is 10.1. The van der Waals surface area contributed by atoms with Crippen LogP contribution in [0.2, 0.25) is 5.02 Å². The summed E-state index contributed by atoms with van der Waals surface area (Å²) in [5, 5.41) is 0.639. The van der Waals surface area contributed by atoms with Gasteiger partial charge in [0.15, 0.2) is 0 Å². The highest BCUT2D eigenvalue weighted by Crippen LogP contribution is 2.26. The highest BCUT2D eigenvalue weighted by Gasteiger charge is 2.04. The molecule has 0 saturated heterocycles. The molecule has 0 aliphatic rings. The molecule has 3 heteroatoms. The lowest BCUT2D eigenvalue weighted by Crippen LogP contribution is -2.04. The van der Waals surface area contributed by atoms with E-state index >= 15 is 0 Å².